The maximum atomic E-state index is 12.1. The number of aryl methyl sites for hydroxylation is 1. The molecular weight excluding hydrogens is 448 g/mol. The van der Waals surface area contributed by atoms with Gasteiger partial charge in [-0.15, -0.1) is 11.3 Å². The highest BCUT2D eigenvalue weighted by atomic mass is 127. The molecule has 0 fully saturated rings. The number of carbonyl (C=O) groups excluding carboxylic acids is 1. The molecule has 0 unspecified atom stereocenters. The first-order valence-corrected chi connectivity index (χ1v) is 8.12. The third kappa shape index (κ3) is 3.07. The third-order valence-corrected chi connectivity index (χ3v) is 5.34. The van der Waals surface area contributed by atoms with E-state index >= 15 is 0 Å². The van der Waals surface area contributed by atoms with Gasteiger partial charge in [0.15, 0.2) is 0 Å². The lowest BCUT2D eigenvalue weighted by Crippen LogP contribution is -2.11. The Bertz CT molecular complexity index is 614. The summed E-state index contributed by atoms with van der Waals surface area (Å²) in [6.45, 7) is 1.89. The molecule has 1 amide bonds. The second-order valence-corrected chi connectivity index (χ2v) is 7.00. The summed E-state index contributed by atoms with van der Waals surface area (Å²) in [6, 6.07) is 5.76. The monoisotopic (exact) mass is 455 g/mol. The molecule has 0 aliphatic carbocycles. The van der Waals surface area contributed by atoms with Crippen LogP contribution in [0.4, 0.5) is 5.69 Å². The van der Waals surface area contributed by atoms with Gasteiger partial charge in [0.25, 0.3) is 5.91 Å². The largest absolute Gasteiger partial charge is 0.320 e. The summed E-state index contributed by atoms with van der Waals surface area (Å²) >= 11 is 13.0. The molecule has 1 aromatic carbocycles. The zero-order chi connectivity index (χ0) is 13.3. The molecule has 1 aromatic heterocycles. The number of hydrogen-bond donors (Lipinski definition) is 1. The summed E-state index contributed by atoms with van der Waals surface area (Å²) in [5.74, 6) is -0.180. The van der Waals surface area contributed by atoms with Gasteiger partial charge in [0.2, 0.25) is 0 Å². The van der Waals surface area contributed by atoms with Crippen molar-refractivity contribution in [2.24, 2.45) is 0 Å². The van der Waals surface area contributed by atoms with E-state index in [2.05, 4.69) is 43.8 Å². The lowest BCUT2D eigenvalue weighted by molar-refractivity contribution is 0.103. The molecule has 6 heteroatoms. The number of rotatable bonds is 2. The van der Waals surface area contributed by atoms with E-state index in [4.69, 9.17) is 11.6 Å². The molecule has 2 aromatic rings. The van der Waals surface area contributed by atoms with Crippen LogP contribution < -0.4 is 5.32 Å². The summed E-state index contributed by atoms with van der Waals surface area (Å²) in [4.78, 5) is 12.6. The van der Waals surface area contributed by atoms with Crippen LogP contribution in [0.2, 0.25) is 5.02 Å². The fourth-order valence-corrected chi connectivity index (χ4v) is 3.37. The standard InChI is InChI=1S/C12H8BrClINOS/c1-6-5-18-11(10(6)14)12(17)16-9-4-7(15)2-3-8(9)13/h2-5H,1H3,(H,16,17). The molecule has 0 atom stereocenters. The Morgan fingerprint density at radius 1 is 1.50 bits per heavy atom. The van der Waals surface area contributed by atoms with Gasteiger partial charge in [-0.1, -0.05) is 11.6 Å². The van der Waals surface area contributed by atoms with E-state index in [9.17, 15) is 4.79 Å². The molecule has 94 valence electrons. The van der Waals surface area contributed by atoms with Gasteiger partial charge in [0.1, 0.15) is 4.88 Å². The Morgan fingerprint density at radius 3 is 2.83 bits per heavy atom. The lowest BCUT2D eigenvalue weighted by Gasteiger charge is -2.07. The predicted molar refractivity (Wildman–Crippen MR) is 88.9 cm³/mol. The molecule has 1 N–H and O–H groups in total. The summed E-state index contributed by atoms with van der Waals surface area (Å²) in [7, 11) is 0. The molecule has 0 spiro atoms. The van der Waals surface area contributed by atoms with Crippen molar-refractivity contribution in [3.8, 4) is 0 Å². The second-order valence-electron chi connectivity index (χ2n) is 3.64. The van der Waals surface area contributed by atoms with E-state index in [-0.39, 0.29) is 5.91 Å². The van der Waals surface area contributed by atoms with Crippen molar-refractivity contribution in [3.63, 3.8) is 0 Å². The molecule has 2 rings (SSSR count). The molecule has 0 saturated carbocycles. The van der Waals surface area contributed by atoms with Crippen LogP contribution in [0.3, 0.4) is 0 Å². The number of amides is 1. The smallest absolute Gasteiger partial charge is 0.267 e. The van der Waals surface area contributed by atoms with Crippen LogP contribution in [0, 0.1) is 10.5 Å². The molecule has 0 radical (unpaired) electrons. The van der Waals surface area contributed by atoms with E-state index in [0.29, 0.717) is 9.90 Å². The molecule has 2 nitrogen and oxygen atoms in total. The molecule has 0 aliphatic rings. The number of benzene rings is 1. The fourth-order valence-electron chi connectivity index (χ4n) is 1.36. The van der Waals surface area contributed by atoms with Crippen molar-refractivity contribution in [3.05, 3.63) is 47.1 Å². The van der Waals surface area contributed by atoms with Gasteiger partial charge in [-0.3, -0.25) is 4.79 Å². The van der Waals surface area contributed by atoms with Crippen LogP contribution >= 0.6 is 61.5 Å². The predicted octanol–water partition coefficient (Wildman–Crippen LogP) is 5.33. The van der Waals surface area contributed by atoms with Crippen LogP contribution in [0.25, 0.3) is 0 Å². The maximum Gasteiger partial charge on any atom is 0.267 e. The van der Waals surface area contributed by atoms with Crippen molar-refractivity contribution >= 4 is 73.1 Å². The highest BCUT2D eigenvalue weighted by Crippen LogP contribution is 2.30. The van der Waals surface area contributed by atoms with Gasteiger partial charge in [0.05, 0.1) is 10.7 Å². The Balaban J connectivity index is 2.27. The van der Waals surface area contributed by atoms with Gasteiger partial charge in [-0.05, 0) is 74.6 Å². The second kappa shape index (κ2) is 5.90. The first kappa shape index (κ1) is 14.3. The van der Waals surface area contributed by atoms with Crippen LogP contribution in [0.1, 0.15) is 15.2 Å². The van der Waals surface area contributed by atoms with Gasteiger partial charge in [-0.25, -0.2) is 0 Å². The quantitative estimate of drug-likeness (QED) is 0.608. The van der Waals surface area contributed by atoms with Gasteiger partial charge >= 0.3 is 0 Å². The zero-order valence-electron chi connectivity index (χ0n) is 9.26. The Kier molecular flexibility index (Phi) is 4.69. The summed E-state index contributed by atoms with van der Waals surface area (Å²) < 4.78 is 1.90. The number of thiophene rings is 1. The molecule has 1 heterocycles. The van der Waals surface area contributed by atoms with Crippen LogP contribution in [-0.2, 0) is 0 Å². The Hall–Kier alpha value is -0.110. The topological polar surface area (TPSA) is 29.1 Å². The van der Waals surface area contributed by atoms with E-state index < -0.39 is 0 Å². The fraction of sp³-hybridized carbons (Fsp3) is 0.0833. The van der Waals surface area contributed by atoms with Crippen molar-refractivity contribution in [2.45, 2.75) is 6.92 Å². The number of hydrogen-bond acceptors (Lipinski definition) is 2. The van der Waals surface area contributed by atoms with E-state index in [1.165, 1.54) is 11.3 Å². The first-order valence-electron chi connectivity index (χ1n) is 4.99. The average molecular weight is 457 g/mol. The van der Waals surface area contributed by atoms with Crippen molar-refractivity contribution in [1.82, 2.24) is 0 Å². The summed E-state index contributed by atoms with van der Waals surface area (Å²) in [5.41, 5.74) is 1.67. The summed E-state index contributed by atoms with van der Waals surface area (Å²) in [6.07, 6.45) is 0. The maximum absolute atomic E-state index is 12.1. The Morgan fingerprint density at radius 2 is 2.22 bits per heavy atom. The number of carbonyl (C=O) groups is 1. The molecule has 18 heavy (non-hydrogen) atoms. The molecule has 0 bridgehead atoms. The SMILES string of the molecule is Cc1csc(C(=O)Nc2cc(I)ccc2Br)c1Cl. The highest BCUT2D eigenvalue weighted by molar-refractivity contribution is 14.1. The normalized spacial score (nSPS) is 10.4. The lowest BCUT2D eigenvalue weighted by atomic mass is 10.3. The highest BCUT2D eigenvalue weighted by Gasteiger charge is 2.15. The van der Waals surface area contributed by atoms with Crippen molar-refractivity contribution in [2.75, 3.05) is 5.32 Å². The number of anilines is 1. The van der Waals surface area contributed by atoms with Crippen molar-refractivity contribution < 1.29 is 4.79 Å². The minimum Gasteiger partial charge on any atom is -0.320 e. The van der Waals surface area contributed by atoms with Gasteiger partial charge in [-0.2, -0.15) is 0 Å². The van der Waals surface area contributed by atoms with E-state index in [1.54, 1.807) is 0 Å². The minimum absolute atomic E-state index is 0.180. The van der Waals surface area contributed by atoms with Crippen LogP contribution in [0.5, 0.6) is 0 Å². The van der Waals surface area contributed by atoms with Crippen LogP contribution in [-0.4, -0.2) is 5.91 Å². The third-order valence-electron chi connectivity index (χ3n) is 2.28. The number of nitrogens with one attached hydrogen (secondary N) is 1. The number of halogens is 3. The van der Waals surface area contributed by atoms with E-state index in [1.807, 2.05) is 30.5 Å². The van der Waals surface area contributed by atoms with Gasteiger partial charge < -0.3 is 5.32 Å². The molecular formula is C12H8BrClINOS. The Labute approximate surface area is 136 Å². The van der Waals surface area contributed by atoms with Crippen LogP contribution in [0.15, 0.2) is 28.1 Å². The average Bonchev–Trinajstić information content (AvgIpc) is 2.65. The van der Waals surface area contributed by atoms with E-state index in [0.717, 1.165) is 19.3 Å². The van der Waals surface area contributed by atoms with Gasteiger partial charge in [0, 0.05) is 8.04 Å². The molecule has 0 saturated heterocycles. The zero-order valence-corrected chi connectivity index (χ0v) is 14.6. The minimum atomic E-state index is -0.180. The molecule has 0 aliphatic heterocycles. The van der Waals surface area contributed by atoms with Crippen molar-refractivity contribution in [1.29, 1.82) is 0 Å². The summed E-state index contributed by atoms with van der Waals surface area (Å²) in [5, 5.41) is 5.26. The first-order chi connectivity index (χ1) is 8.49.